The van der Waals surface area contributed by atoms with Gasteiger partial charge in [-0.3, -0.25) is 4.98 Å². The quantitative estimate of drug-likeness (QED) is 0.538. The summed E-state index contributed by atoms with van der Waals surface area (Å²) in [5, 5.41) is 0.791. The summed E-state index contributed by atoms with van der Waals surface area (Å²) in [6.07, 6.45) is 3.01. The van der Waals surface area contributed by atoms with E-state index in [2.05, 4.69) is 9.98 Å². The zero-order valence-electron chi connectivity index (χ0n) is 14.4. The maximum Gasteiger partial charge on any atom is 0.220 e. The summed E-state index contributed by atoms with van der Waals surface area (Å²) in [6.45, 7) is 2.26. The molecule has 1 aromatic heterocycles. The highest BCUT2D eigenvalue weighted by Crippen LogP contribution is 2.32. The summed E-state index contributed by atoms with van der Waals surface area (Å²) >= 11 is 12.3. The Morgan fingerprint density at radius 1 is 1.04 bits per heavy atom. The predicted molar refractivity (Wildman–Crippen MR) is 106 cm³/mol. The van der Waals surface area contributed by atoms with Gasteiger partial charge in [-0.05, 0) is 29.7 Å². The smallest absolute Gasteiger partial charge is 0.220 e. The van der Waals surface area contributed by atoms with Crippen LogP contribution in [0.4, 0.5) is 4.39 Å². The van der Waals surface area contributed by atoms with Crippen LogP contribution >= 0.6 is 23.2 Å². The summed E-state index contributed by atoms with van der Waals surface area (Å²) < 4.78 is 19.9. The van der Waals surface area contributed by atoms with Crippen LogP contribution in [0.2, 0.25) is 10.0 Å². The first-order chi connectivity index (χ1) is 13.0. The summed E-state index contributed by atoms with van der Waals surface area (Å²) in [5.74, 6) is 0.181. The second kappa shape index (κ2) is 7.29. The number of aliphatic imine (C=N–C) groups is 1. The van der Waals surface area contributed by atoms with Crippen LogP contribution < -0.4 is 0 Å². The summed E-state index contributed by atoms with van der Waals surface area (Å²) in [4.78, 5) is 8.54. The van der Waals surface area contributed by atoms with E-state index in [0.717, 1.165) is 16.7 Å². The van der Waals surface area contributed by atoms with Crippen LogP contribution in [0.25, 0.3) is 11.1 Å². The highest BCUT2D eigenvalue weighted by atomic mass is 35.5. The van der Waals surface area contributed by atoms with Crippen LogP contribution in [0.3, 0.4) is 0 Å². The van der Waals surface area contributed by atoms with Crippen LogP contribution in [0.15, 0.2) is 59.9 Å². The van der Waals surface area contributed by atoms with Crippen LogP contribution in [0.5, 0.6) is 0 Å². The van der Waals surface area contributed by atoms with Crippen molar-refractivity contribution in [2.45, 2.75) is 13.0 Å². The average Bonchev–Trinajstić information content (AvgIpc) is 3.11. The third-order valence-electron chi connectivity index (χ3n) is 4.45. The fourth-order valence-electron chi connectivity index (χ4n) is 3.04. The first kappa shape index (κ1) is 18.0. The number of hydrogen-bond acceptors (Lipinski definition) is 3. The molecule has 136 valence electrons. The molecule has 1 unspecified atom stereocenters. The minimum absolute atomic E-state index is 0.169. The Bertz CT molecular complexity index is 1010. The number of rotatable bonds is 3. The first-order valence-corrected chi connectivity index (χ1v) is 9.15. The van der Waals surface area contributed by atoms with Crippen LogP contribution in [0.1, 0.15) is 22.7 Å². The van der Waals surface area contributed by atoms with E-state index in [1.165, 1.54) is 18.5 Å². The van der Waals surface area contributed by atoms with Gasteiger partial charge in [-0.15, -0.1) is 0 Å². The van der Waals surface area contributed by atoms with E-state index in [-0.39, 0.29) is 11.9 Å². The molecule has 1 aliphatic heterocycles. The van der Waals surface area contributed by atoms with Gasteiger partial charge in [0.05, 0.1) is 15.6 Å². The zero-order chi connectivity index (χ0) is 19.0. The van der Waals surface area contributed by atoms with E-state index in [4.69, 9.17) is 27.9 Å². The van der Waals surface area contributed by atoms with Gasteiger partial charge in [0.25, 0.3) is 0 Å². The maximum absolute atomic E-state index is 14.2. The lowest BCUT2D eigenvalue weighted by Gasteiger charge is -2.08. The monoisotopic (exact) mass is 400 g/mol. The molecule has 0 fully saturated rings. The number of benzene rings is 2. The number of aryl methyl sites for hydroxylation is 1. The van der Waals surface area contributed by atoms with Crippen molar-refractivity contribution >= 4 is 29.1 Å². The number of hydrogen-bond donors (Lipinski definition) is 0. The molecule has 0 saturated carbocycles. The molecule has 4 rings (SSSR count). The lowest BCUT2D eigenvalue weighted by atomic mass is 10.00. The number of halogens is 3. The van der Waals surface area contributed by atoms with Crippen molar-refractivity contribution < 1.29 is 9.13 Å². The van der Waals surface area contributed by atoms with Crippen molar-refractivity contribution in [3.05, 3.63) is 87.4 Å². The third-order valence-corrected chi connectivity index (χ3v) is 5.02. The molecule has 0 spiro atoms. The van der Waals surface area contributed by atoms with Gasteiger partial charge in [-0.2, -0.15) is 0 Å². The molecule has 0 N–H and O–H groups in total. The van der Waals surface area contributed by atoms with Crippen molar-refractivity contribution in [2.24, 2.45) is 4.99 Å². The predicted octanol–water partition coefficient (Wildman–Crippen LogP) is 6.02. The fraction of sp³-hybridized carbons (Fsp3) is 0.143. The van der Waals surface area contributed by atoms with Gasteiger partial charge >= 0.3 is 0 Å². The van der Waals surface area contributed by atoms with Gasteiger partial charge in [0.2, 0.25) is 5.90 Å². The largest absolute Gasteiger partial charge is 0.475 e. The molecule has 2 aromatic carbocycles. The van der Waals surface area contributed by atoms with Gasteiger partial charge in [0, 0.05) is 18.0 Å². The van der Waals surface area contributed by atoms with Crippen molar-refractivity contribution in [1.82, 2.24) is 4.98 Å². The average molecular weight is 401 g/mol. The second-order valence-electron chi connectivity index (χ2n) is 6.34. The van der Waals surface area contributed by atoms with Crippen LogP contribution in [-0.2, 0) is 4.74 Å². The molecule has 0 aliphatic carbocycles. The molecule has 6 heteroatoms. The molecule has 1 atom stereocenters. The number of ether oxygens (including phenoxy) is 1. The molecule has 27 heavy (non-hydrogen) atoms. The molecule has 0 saturated heterocycles. The van der Waals surface area contributed by atoms with Gasteiger partial charge in [-0.1, -0.05) is 59.6 Å². The summed E-state index contributed by atoms with van der Waals surface area (Å²) in [6, 6.07) is 12.7. The van der Waals surface area contributed by atoms with E-state index in [1.54, 1.807) is 6.07 Å². The molecule has 2 heterocycles. The van der Waals surface area contributed by atoms with E-state index < -0.39 is 0 Å². The standard InChI is InChI=1S/C21H15Cl2FN2O/c1-12-2-7-15(18(24)8-12)13-3-5-14(6-4-13)19-11-27-21(26-19)20-16(22)9-25-10-17(20)23/h2-10,19H,11H2,1H3. The van der Waals surface area contributed by atoms with Gasteiger partial charge < -0.3 is 4.74 Å². The molecule has 0 bridgehead atoms. The number of aromatic nitrogens is 1. The van der Waals surface area contributed by atoms with Crippen molar-refractivity contribution in [1.29, 1.82) is 0 Å². The normalized spacial score (nSPS) is 16.1. The topological polar surface area (TPSA) is 34.5 Å². The minimum atomic E-state index is -0.228. The van der Waals surface area contributed by atoms with Gasteiger partial charge in [-0.25, -0.2) is 9.38 Å². The highest BCUT2D eigenvalue weighted by Gasteiger charge is 2.25. The second-order valence-corrected chi connectivity index (χ2v) is 7.16. The molecular weight excluding hydrogens is 386 g/mol. The maximum atomic E-state index is 14.2. The number of pyridine rings is 1. The van der Waals surface area contributed by atoms with Gasteiger partial charge in [0.15, 0.2) is 0 Å². The Labute approximate surface area is 166 Å². The molecule has 1 aliphatic rings. The van der Waals surface area contributed by atoms with Crippen molar-refractivity contribution in [3.63, 3.8) is 0 Å². The molecule has 0 amide bonds. The summed E-state index contributed by atoms with van der Waals surface area (Å²) in [5.41, 5.74) is 3.82. The SMILES string of the molecule is Cc1ccc(-c2ccc(C3COC(c4c(Cl)cncc4Cl)=N3)cc2)c(F)c1. The van der Waals surface area contributed by atoms with E-state index >= 15 is 0 Å². The first-order valence-electron chi connectivity index (χ1n) is 8.39. The Balaban J connectivity index is 1.61. The van der Waals surface area contributed by atoms with Crippen LogP contribution in [-0.4, -0.2) is 17.5 Å². The lowest BCUT2D eigenvalue weighted by Crippen LogP contribution is -2.03. The molecule has 0 radical (unpaired) electrons. The van der Waals surface area contributed by atoms with E-state index in [9.17, 15) is 4.39 Å². The third kappa shape index (κ3) is 3.55. The lowest BCUT2D eigenvalue weighted by molar-refractivity contribution is 0.320. The van der Waals surface area contributed by atoms with Crippen molar-refractivity contribution in [3.8, 4) is 11.1 Å². The summed E-state index contributed by atoms with van der Waals surface area (Å²) in [7, 11) is 0. The Kier molecular flexibility index (Phi) is 4.85. The Morgan fingerprint density at radius 3 is 2.41 bits per heavy atom. The zero-order valence-corrected chi connectivity index (χ0v) is 15.9. The fourth-order valence-corrected chi connectivity index (χ4v) is 3.56. The highest BCUT2D eigenvalue weighted by molar-refractivity contribution is 6.39. The molecular formula is C21H15Cl2FN2O. The Morgan fingerprint density at radius 2 is 1.74 bits per heavy atom. The number of nitrogens with zero attached hydrogens (tertiary/aromatic N) is 2. The molecule has 3 aromatic rings. The van der Waals surface area contributed by atoms with E-state index in [1.807, 2.05) is 37.3 Å². The minimum Gasteiger partial charge on any atom is -0.475 e. The molecule has 3 nitrogen and oxygen atoms in total. The van der Waals surface area contributed by atoms with Gasteiger partial charge in [0.1, 0.15) is 18.5 Å². The Hall–Kier alpha value is -2.43. The van der Waals surface area contributed by atoms with Crippen molar-refractivity contribution in [2.75, 3.05) is 6.61 Å². The van der Waals surface area contributed by atoms with Crippen LogP contribution in [0, 0.1) is 12.7 Å². The van der Waals surface area contributed by atoms with E-state index in [0.29, 0.717) is 33.7 Å².